The number of aromatic amines is 1. The molecule has 38 heavy (non-hydrogen) atoms. The number of carboxylic acids is 1. The van der Waals surface area contributed by atoms with Crippen LogP contribution < -0.4 is 27.4 Å². The van der Waals surface area contributed by atoms with Crippen LogP contribution in [0.1, 0.15) is 39.2 Å². The Morgan fingerprint density at radius 3 is 2.08 bits per heavy atom. The standard InChI is InChI=1S/C25H36N6O7/c1-12(2)8-19(25(37)38)31-22(34)17(9-14-11-28-16-7-5-4-6-15(14)16)29-23(35)18(10-20(26)33)30-24(36)21(27)13(3)32/h4-7,11-13,17-19,21,28,32H,8-10,27H2,1-3H3,(H2,26,33)(H,29,35)(H,30,36)(H,31,34)(H,37,38). The van der Waals surface area contributed by atoms with Crippen molar-refractivity contribution in [2.45, 2.75) is 70.3 Å². The number of hydrogen-bond donors (Lipinski definition) is 8. The van der Waals surface area contributed by atoms with Crippen molar-refractivity contribution in [1.29, 1.82) is 0 Å². The van der Waals surface area contributed by atoms with Crippen molar-refractivity contribution in [2.24, 2.45) is 17.4 Å². The summed E-state index contributed by atoms with van der Waals surface area (Å²) in [4.78, 5) is 65.2. The van der Waals surface area contributed by atoms with Crippen LogP contribution in [-0.4, -0.2) is 75.1 Å². The molecule has 5 unspecified atom stereocenters. The van der Waals surface area contributed by atoms with Crippen LogP contribution in [0.5, 0.6) is 0 Å². The molecule has 13 heteroatoms. The number of para-hydroxylation sites is 1. The number of amides is 4. The molecule has 2 aromatic rings. The first-order valence-corrected chi connectivity index (χ1v) is 12.2. The van der Waals surface area contributed by atoms with E-state index in [1.54, 1.807) is 12.3 Å². The lowest BCUT2D eigenvalue weighted by Gasteiger charge is -2.25. The van der Waals surface area contributed by atoms with Gasteiger partial charge in [0.1, 0.15) is 24.2 Å². The van der Waals surface area contributed by atoms with E-state index in [1.807, 2.05) is 32.0 Å². The zero-order chi connectivity index (χ0) is 28.6. The molecule has 0 fully saturated rings. The number of aliphatic hydroxyl groups excluding tert-OH is 1. The van der Waals surface area contributed by atoms with E-state index in [0.29, 0.717) is 5.56 Å². The predicted octanol–water partition coefficient (Wildman–Crippen LogP) is -1.12. The molecule has 0 aliphatic rings. The van der Waals surface area contributed by atoms with Gasteiger partial charge in [0.15, 0.2) is 0 Å². The first-order valence-electron chi connectivity index (χ1n) is 12.2. The summed E-state index contributed by atoms with van der Waals surface area (Å²) in [7, 11) is 0. The normalized spacial score (nSPS) is 15.2. The predicted molar refractivity (Wildman–Crippen MR) is 138 cm³/mol. The zero-order valence-electron chi connectivity index (χ0n) is 21.6. The first kappa shape index (κ1) is 30.3. The van der Waals surface area contributed by atoms with Gasteiger partial charge in [-0.3, -0.25) is 19.2 Å². The molecule has 0 aliphatic heterocycles. The van der Waals surface area contributed by atoms with Gasteiger partial charge in [0.25, 0.3) is 0 Å². The van der Waals surface area contributed by atoms with E-state index in [9.17, 15) is 34.2 Å². The largest absolute Gasteiger partial charge is 0.480 e. The average Bonchev–Trinajstić information content (AvgIpc) is 3.24. The number of aliphatic carboxylic acids is 1. The van der Waals surface area contributed by atoms with Crippen LogP contribution in [0.3, 0.4) is 0 Å². The highest BCUT2D eigenvalue weighted by molar-refractivity contribution is 5.96. The van der Waals surface area contributed by atoms with E-state index in [4.69, 9.17) is 11.5 Å². The van der Waals surface area contributed by atoms with Crippen LogP contribution in [0.25, 0.3) is 10.9 Å². The lowest BCUT2D eigenvalue weighted by atomic mass is 10.0. The highest BCUT2D eigenvalue weighted by Gasteiger charge is 2.32. The third-order valence-electron chi connectivity index (χ3n) is 5.91. The van der Waals surface area contributed by atoms with E-state index in [0.717, 1.165) is 10.9 Å². The molecule has 5 atom stereocenters. The highest BCUT2D eigenvalue weighted by atomic mass is 16.4. The number of carbonyl (C=O) groups excluding carboxylic acids is 4. The van der Waals surface area contributed by atoms with Crippen molar-refractivity contribution in [3.05, 3.63) is 36.0 Å². The Hall–Kier alpha value is -3.97. The summed E-state index contributed by atoms with van der Waals surface area (Å²) in [6.45, 7) is 4.90. The number of rotatable bonds is 14. The molecule has 0 radical (unpaired) electrons. The van der Waals surface area contributed by atoms with Crippen LogP contribution in [0.15, 0.2) is 30.5 Å². The fourth-order valence-corrected chi connectivity index (χ4v) is 3.86. The number of primary amides is 1. The summed E-state index contributed by atoms with van der Waals surface area (Å²) in [5, 5.41) is 27.2. The second-order valence-corrected chi connectivity index (χ2v) is 9.65. The summed E-state index contributed by atoms with van der Waals surface area (Å²) >= 11 is 0. The number of carbonyl (C=O) groups is 5. The summed E-state index contributed by atoms with van der Waals surface area (Å²) < 4.78 is 0. The molecule has 1 aromatic carbocycles. The number of hydrogen-bond acceptors (Lipinski definition) is 7. The van der Waals surface area contributed by atoms with Crippen molar-refractivity contribution >= 4 is 40.5 Å². The monoisotopic (exact) mass is 532 g/mol. The summed E-state index contributed by atoms with van der Waals surface area (Å²) in [6.07, 6.45) is -0.0330. The van der Waals surface area contributed by atoms with Crippen LogP contribution in [0.2, 0.25) is 0 Å². The fourth-order valence-electron chi connectivity index (χ4n) is 3.86. The molecule has 2 rings (SSSR count). The van der Waals surface area contributed by atoms with Crippen LogP contribution in [0, 0.1) is 5.92 Å². The Morgan fingerprint density at radius 2 is 1.50 bits per heavy atom. The highest BCUT2D eigenvalue weighted by Crippen LogP contribution is 2.19. The molecule has 0 aliphatic carbocycles. The minimum Gasteiger partial charge on any atom is -0.480 e. The Kier molecular flexibility index (Phi) is 10.8. The second-order valence-electron chi connectivity index (χ2n) is 9.65. The fraction of sp³-hybridized carbons (Fsp3) is 0.480. The van der Waals surface area contributed by atoms with Crippen LogP contribution in [0.4, 0.5) is 0 Å². The van der Waals surface area contributed by atoms with Crippen molar-refractivity contribution < 1.29 is 34.2 Å². The molecular weight excluding hydrogens is 496 g/mol. The van der Waals surface area contributed by atoms with E-state index in [2.05, 4.69) is 20.9 Å². The molecule has 0 saturated carbocycles. The molecule has 208 valence electrons. The lowest BCUT2D eigenvalue weighted by Crippen LogP contribution is -2.59. The van der Waals surface area contributed by atoms with Gasteiger partial charge >= 0.3 is 5.97 Å². The van der Waals surface area contributed by atoms with Gasteiger partial charge in [-0.2, -0.15) is 0 Å². The Bertz CT molecular complexity index is 1160. The number of benzene rings is 1. The van der Waals surface area contributed by atoms with Gasteiger partial charge in [0.05, 0.1) is 12.5 Å². The third kappa shape index (κ3) is 8.56. The molecule has 1 heterocycles. The number of aliphatic hydroxyl groups is 1. The van der Waals surface area contributed by atoms with E-state index >= 15 is 0 Å². The number of carboxylic acid groups (broad SMARTS) is 1. The first-order chi connectivity index (χ1) is 17.8. The molecule has 1 aromatic heterocycles. The maximum absolute atomic E-state index is 13.3. The number of H-pyrrole nitrogens is 1. The summed E-state index contributed by atoms with van der Waals surface area (Å²) in [5.41, 5.74) is 12.3. The molecule has 0 bridgehead atoms. The summed E-state index contributed by atoms with van der Waals surface area (Å²) in [5.74, 6) is -4.74. The molecule has 0 saturated heterocycles. The molecule has 0 spiro atoms. The smallest absolute Gasteiger partial charge is 0.326 e. The molecule has 4 amide bonds. The number of fused-ring (bicyclic) bond motifs is 1. The van der Waals surface area contributed by atoms with Crippen molar-refractivity contribution in [3.8, 4) is 0 Å². The third-order valence-corrected chi connectivity index (χ3v) is 5.91. The number of aromatic nitrogens is 1. The van der Waals surface area contributed by atoms with Gasteiger partial charge in [-0.05, 0) is 30.9 Å². The number of nitrogens with two attached hydrogens (primary N) is 2. The Morgan fingerprint density at radius 1 is 0.921 bits per heavy atom. The van der Waals surface area contributed by atoms with Gasteiger partial charge in [-0.15, -0.1) is 0 Å². The van der Waals surface area contributed by atoms with Crippen LogP contribution in [-0.2, 0) is 30.4 Å². The van der Waals surface area contributed by atoms with E-state index < -0.39 is 66.3 Å². The SMILES string of the molecule is CC(C)CC(NC(=O)C(Cc1c[nH]c2ccccc12)NC(=O)C(CC(N)=O)NC(=O)C(N)C(C)O)C(=O)O. The maximum atomic E-state index is 13.3. The van der Waals surface area contributed by atoms with Crippen molar-refractivity contribution in [3.63, 3.8) is 0 Å². The minimum atomic E-state index is -1.49. The van der Waals surface area contributed by atoms with Crippen molar-refractivity contribution in [2.75, 3.05) is 0 Å². The van der Waals surface area contributed by atoms with E-state index in [-0.39, 0.29) is 18.8 Å². The number of nitrogens with one attached hydrogen (secondary N) is 4. The quantitative estimate of drug-likeness (QED) is 0.148. The Balaban J connectivity index is 2.34. The lowest BCUT2D eigenvalue weighted by molar-refractivity contribution is -0.143. The zero-order valence-corrected chi connectivity index (χ0v) is 21.6. The minimum absolute atomic E-state index is 0.0277. The second kappa shape index (κ2) is 13.5. The average molecular weight is 533 g/mol. The maximum Gasteiger partial charge on any atom is 0.326 e. The van der Waals surface area contributed by atoms with Gasteiger partial charge < -0.3 is 42.6 Å². The van der Waals surface area contributed by atoms with Gasteiger partial charge in [0, 0.05) is 23.5 Å². The van der Waals surface area contributed by atoms with E-state index in [1.165, 1.54) is 6.92 Å². The molecular formula is C25H36N6O7. The van der Waals surface area contributed by atoms with Gasteiger partial charge in [-0.1, -0.05) is 32.0 Å². The molecule has 10 N–H and O–H groups in total. The Labute approximate surface area is 219 Å². The molecule has 13 nitrogen and oxygen atoms in total. The van der Waals surface area contributed by atoms with Gasteiger partial charge in [-0.25, -0.2) is 4.79 Å². The summed E-state index contributed by atoms with van der Waals surface area (Å²) in [6, 6.07) is 1.95. The van der Waals surface area contributed by atoms with Gasteiger partial charge in [0.2, 0.25) is 23.6 Å². The van der Waals surface area contributed by atoms with Crippen LogP contribution >= 0.6 is 0 Å². The topological polar surface area (TPSA) is 230 Å². The van der Waals surface area contributed by atoms with Crippen molar-refractivity contribution in [1.82, 2.24) is 20.9 Å².